The Balaban J connectivity index is 2.06. The first kappa shape index (κ1) is 28.7. The zero-order valence-electron chi connectivity index (χ0n) is 22.5. The lowest BCUT2D eigenvalue weighted by molar-refractivity contribution is -0.140. The fourth-order valence-corrected chi connectivity index (χ4v) is 5.57. The number of ether oxygens (including phenoxy) is 1. The van der Waals surface area contributed by atoms with Crippen LogP contribution in [-0.4, -0.2) is 51.9 Å². The van der Waals surface area contributed by atoms with E-state index < -0.39 is 28.5 Å². The van der Waals surface area contributed by atoms with Crippen molar-refractivity contribution < 1.29 is 22.7 Å². The summed E-state index contributed by atoms with van der Waals surface area (Å²) in [6.45, 7) is 5.30. The zero-order valence-corrected chi connectivity index (χ0v) is 23.3. The maximum Gasteiger partial charge on any atom is 0.264 e. The third kappa shape index (κ3) is 6.52. The maximum absolute atomic E-state index is 13.9. The van der Waals surface area contributed by atoms with Gasteiger partial charge in [0.05, 0.1) is 17.7 Å². The Labute approximate surface area is 225 Å². The Hall–Kier alpha value is -3.85. The normalized spacial score (nSPS) is 11.9. The Bertz CT molecular complexity index is 1360. The summed E-state index contributed by atoms with van der Waals surface area (Å²) in [6, 6.07) is 19.7. The van der Waals surface area contributed by atoms with E-state index in [9.17, 15) is 18.0 Å². The van der Waals surface area contributed by atoms with Crippen molar-refractivity contribution in [2.24, 2.45) is 0 Å². The molecule has 0 bridgehead atoms. The molecule has 9 heteroatoms. The van der Waals surface area contributed by atoms with Crippen LogP contribution in [0.4, 0.5) is 5.69 Å². The van der Waals surface area contributed by atoms with E-state index in [2.05, 4.69) is 5.32 Å². The van der Waals surface area contributed by atoms with Crippen molar-refractivity contribution in [2.75, 3.05) is 25.0 Å². The van der Waals surface area contributed by atoms with E-state index in [-0.39, 0.29) is 17.3 Å². The molecule has 3 aromatic rings. The number of sulfonamides is 1. The largest absolute Gasteiger partial charge is 0.497 e. The number of methoxy groups -OCH3 is 1. The summed E-state index contributed by atoms with van der Waals surface area (Å²) in [4.78, 5) is 28.2. The van der Waals surface area contributed by atoms with Crippen LogP contribution in [0.3, 0.4) is 0 Å². The van der Waals surface area contributed by atoms with E-state index in [1.807, 2.05) is 39.0 Å². The Morgan fingerprint density at radius 2 is 1.61 bits per heavy atom. The van der Waals surface area contributed by atoms with E-state index in [0.717, 1.165) is 21.0 Å². The summed E-state index contributed by atoms with van der Waals surface area (Å²) < 4.78 is 34.0. The molecule has 3 aromatic carbocycles. The number of hydrogen-bond donors (Lipinski definition) is 1. The smallest absolute Gasteiger partial charge is 0.264 e. The fourth-order valence-electron chi connectivity index (χ4n) is 4.14. The van der Waals surface area contributed by atoms with Crippen molar-refractivity contribution in [3.05, 3.63) is 89.5 Å². The molecular weight excluding hydrogens is 502 g/mol. The molecule has 0 heterocycles. The van der Waals surface area contributed by atoms with Gasteiger partial charge < -0.3 is 15.0 Å². The van der Waals surface area contributed by atoms with Crippen LogP contribution in [0.25, 0.3) is 0 Å². The highest BCUT2D eigenvalue weighted by Crippen LogP contribution is 2.27. The van der Waals surface area contributed by atoms with Gasteiger partial charge in [0.15, 0.2) is 0 Å². The van der Waals surface area contributed by atoms with Gasteiger partial charge >= 0.3 is 0 Å². The van der Waals surface area contributed by atoms with Gasteiger partial charge in [0, 0.05) is 13.6 Å². The second-order valence-electron chi connectivity index (χ2n) is 9.00. The molecule has 202 valence electrons. The molecule has 0 fully saturated rings. The second kappa shape index (κ2) is 12.6. The monoisotopic (exact) mass is 537 g/mol. The molecule has 1 atom stereocenters. The quantitative estimate of drug-likeness (QED) is 0.398. The minimum Gasteiger partial charge on any atom is -0.497 e. The van der Waals surface area contributed by atoms with Gasteiger partial charge in [0.1, 0.15) is 18.3 Å². The average Bonchev–Trinajstić information content (AvgIpc) is 2.93. The van der Waals surface area contributed by atoms with E-state index in [1.165, 1.54) is 24.1 Å². The molecule has 0 saturated heterocycles. The summed E-state index contributed by atoms with van der Waals surface area (Å²) in [5.41, 5.74) is 3.06. The molecular formula is C29H35N3O5S. The van der Waals surface area contributed by atoms with Gasteiger partial charge in [0.2, 0.25) is 11.8 Å². The van der Waals surface area contributed by atoms with Crippen LogP contribution in [0.1, 0.15) is 30.0 Å². The van der Waals surface area contributed by atoms with Gasteiger partial charge in [0.25, 0.3) is 10.0 Å². The number of benzene rings is 3. The molecule has 0 aliphatic rings. The number of likely N-dealkylation sites (N-methyl/N-ethyl adjacent to an activating group) is 1. The van der Waals surface area contributed by atoms with Crippen LogP contribution in [0.5, 0.6) is 5.75 Å². The van der Waals surface area contributed by atoms with Gasteiger partial charge in [-0.25, -0.2) is 8.42 Å². The zero-order chi connectivity index (χ0) is 27.9. The molecule has 38 heavy (non-hydrogen) atoms. The third-order valence-electron chi connectivity index (χ3n) is 6.53. The minimum absolute atomic E-state index is 0.0751. The average molecular weight is 538 g/mol. The van der Waals surface area contributed by atoms with Crippen LogP contribution >= 0.6 is 0 Å². The fraction of sp³-hybridized carbons (Fsp3) is 0.310. The van der Waals surface area contributed by atoms with Crippen molar-refractivity contribution in [3.63, 3.8) is 0 Å². The highest BCUT2D eigenvalue weighted by molar-refractivity contribution is 7.92. The van der Waals surface area contributed by atoms with Gasteiger partial charge in [-0.2, -0.15) is 0 Å². The van der Waals surface area contributed by atoms with Crippen molar-refractivity contribution in [1.29, 1.82) is 0 Å². The van der Waals surface area contributed by atoms with E-state index in [4.69, 9.17) is 4.74 Å². The lowest BCUT2D eigenvalue weighted by Crippen LogP contribution is -2.51. The molecule has 0 saturated carbocycles. The first-order valence-electron chi connectivity index (χ1n) is 12.4. The number of nitrogens with zero attached hydrogens (tertiary/aromatic N) is 2. The number of anilines is 1. The standard InChI is InChI=1S/C29H35N3O5S/c1-6-27(29(34)30-4)31(19-23-13-16-25(37-5)17-14-23)28(33)20-32(24-15-12-21(2)22(3)18-24)38(35,36)26-10-8-7-9-11-26/h7-18,27H,6,19-20H2,1-5H3,(H,30,34)/t27-/m0/s1. The number of carbonyl (C=O) groups is 2. The predicted molar refractivity (Wildman–Crippen MR) is 149 cm³/mol. The van der Waals surface area contributed by atoms with Crippen LogP contribution in [-0.2, 0) is 26.2 Å². The molecule has 8 nitrogen and oxygen atoms in total. The topological polar surface area (TPSA) is 96.0 Å². The van der Waals surface area contributed by atoms with Gasteiger partial charge in [-0.05, 0) is 73.4 Å². The first-order valence-corrected chi connectivity index (χ1v) is 13.8. The first-order chi connectivity index (χ1) is 18.1. The number of carbonyl (C=O) groups excluding carboxylic acids is 2. The number of hydrogen-bond acceptors (Lipinski definition) is 5. The van der Waals surface area contributed by atoms with Crippen molar-refractivity contribution in [3.8, 4) is 5.75 Å². The van der Waals surface area contributed by atoms with E-state index in [0.29, 0.717) is 17.9 Å². The Morgan fingerprint density at radius 1 is 0.947 bits per heavy atom. The lowest BCUT2D eigenvalue weighted by atomic mass is 10.1. The highest BCUT2D eigenvalue weighted by Gasteiger charge is 2.33. The van der Waals surface area contributed by atoms with E-state index >= 15 is 0 Å². The molecule has 0 aromatic heterocycles. The predicted octanol–water partition coefficient (Wildman–Crippen LogP) is 4.06. The summed E-state index contributed by atoms with van der Waals surface area (Å²) in [5, 5.41) is 2.63. The van der Waals surface area contributed by atoms with Crippen LogP contribution in [0.2, 0.25) is 0 Å². The Morgan fingerprint density at radius 3 is 2.16 bits per heavy atom. The van der Waals surface area contributed by atoms with Crippen molar-refractivity contribution in [1.82, 2.24) is 10.2 Å². The SMILES string of the molecule is CC[C@@H](C(=O)NC)N(Cc1ccc(OC)cc1)C(=O)CN(c1ccc(C)c(C)c1)S(=O)(=O)c1ccccc1. The molecule has 0 spiro atoms. The molecule has 0 aliphatic carbocycles. The van der Waals surface area contributed by atoms with Gasteiger partial charge in [-0.15, -0.1) is 0 Å². The molecule has 0 unspecified atom stereocenters. The third-order valence-corrected chi connectivity index (χ3v) is 8.32. The van der Waals surface area contributed by atoms with Crippen LogP contribution < -0.4 is 14.4 Å². The molecule has 0 radical (unpaired) electrons. The second-order valence-corrected chi connectivity index (χ2v) is 10.9. The molecule has 2 amide bonds. The summed E-state index contributed by atoms with van der Waals surface area (Å²) in [7, 11) is -1.000. The molecule has 3 rings (SSSR count). The number of amides is 2. The molecule has 0 aliphatic heterocycles. The van der Waals surface area contributed by atoms with Crippen LogP contribution in [0, 0.1) is 13.8 Å². The minimum atomic E-state index is -4.08. The van der Waals surface area contributed by atoms with Crippen molar-refractivity contribution >= 4 is 27.5 Å². The van der Waals surface area contributed by atoms with Gasteiger partial charge in [-0.1, -0.05) is 43.3 Å². The van der Waals surface area contributed by atoms with Crippen LogP contribution in [0.15, 0.2) is 77.7 Å². The van der Waals surface area contributed by atoms with Crippen molar-refractivity contribution in [2.45, 2.75) is 44.7 Å². The number of nitrogens with one attached hydrogen (secondary N) is 1. The van der Waals surface area contributed by atoms with E-state index in [1.54, 1.807) is 49.6 Å². The maximum atomic E-state index is 13.9. The number of rotatable bonds is 11. The van der Waals surface area contributed by atoms with Gasteiger partial charge in [-0.3, -0.25) is 13.9 Å². The highest BCUT2D eigenvalue weighted by atomic mass is 32.2. The Kier molecular flexibility index (Phi) is 9.52. The lowest BCUT2D eigenvalue weighted by Gasteiger charge is -2.33. The molecule has 1 N–H and O–H groups in total. The summed E-state index contributed by atoms with van der Waals surface area (Å²) in [5.74, 6) is -0.146. The summed E-state index contributed by atoms with van der Waals surface area (Å²) in [6.07, 6.45) is 0.358. The number of aryl methyl sites for hydroxylation is 2. The summed E-state index contributed by atoms with van der Waals surface area (Å²) >= 11 is 0.